The third kappa shape index (κ3) is 3.17. The van der Waals surface area contributed by atoms with E-state index in [-0.39, 0.29) is 12.0 Å². The van der Waals surface area contributed by atoms with Gasteiger partial charge in [0.2, 0.25) is 0 Å². The van der Waals surface area contributed by atoms with Gasteiger partial charge in [0.05, 0.1) is 6.10 Å². The van der Waals surface area contributed by atoms with Gasteiger partial charge in [-0.25, -0.2) is 0 Å². The van der Waals surface area contributed by atoms with E-state index < -0.39 is 0 Å². The molecular weight excluding hydrogens is 252 g/mol. The second kappa shape index (κ2) is 6.44. The summed E-state index contributed by atoms with van der Waals surface area (Å²) in [6.07, 6.45) is 9.29. The number of amides is 1. The van der Waals surface area contributed by atoms with Gasteiger partial charge in [0.25, 0.3) is 5.91 Å². The molecule has 0 aromatic rings. The number of hydrogen-bond acceptors (Lipinski definition) is 3. The van der Waals surface area contributed by atoms with E-state index in [0.717, 1.165) is 38.8 Å². The van der Waals surface area contributed by atoms with E-state index in [4.69, 9.17) is 4.74 Å². The maximum Gasteiger partial charge on any atom is 0.251 e. The van der Waals surface area contributed by atoms with Gasteiger partial charge in [-0.3, -0.25) is 4.79 Å². The molecule has 4 heteroatoms. The highest BCUT2D eigenvalue weighted by Gasteiger charge is 2.34. The Kier molecular flexibility index (Phi) is 4.61. The maximum absolute atomic E-state index is 12.7. The number of ether oxygens (including phenoxy) is 1. The van der Waals surface area contributed by atoms with Crippen molar-refractivity contribution < 1.29 is 9.53 Å². The summed E-state index contributed by atoms with van der Waals surface area (Å²) < 4.78 is 6.08. The zero-order valence-electron chi connectivity index (χ0n) is 12.6. The van der Waals surface area contributed by atoms with E-state index >= 15 is 0 Å². The molecule has 3 aliphatic rings. The Morgan fingerprint density at radius 1 is 1.20 bits per heavy atom. The largest absolute Gasteiger partial charge is 0.365 e. The van der Waals surface area contributed by atoms with Gasteiger partial charge in [0.15, 0.2) is 0 Å². The molecule has 1 amide bonds. The number of nitrogens with zero attached hydrogens (tertiary/aromatic N) is 1. The van der Waals surface area contributed by atoms with Crippen molar-refractivity contribution >= 4 is 5.91 Å². The lowest BCUT2D eigenvalue weighted by molar-refractivity contribution is -0.148. The molecule has 3 rings (SSSR count). The summed E-state index contributed by atoms with van der Waals surface area (Å²) in [4.78, 5) is 14.8. The smallest absolute Gasteiger partial charge is 0.251 e. The van der Waals surface area contributed by atoms with Crippen LogP contribution in [0.2, 0.25) is 0 Å². The Balaban J connectivity index is 1.57. The predicted octanol–water partition coefficient (Wildman–Crippen LogP) is 2.08. The molecule has 2 saturated heterocycles. The maximum atomic E-state index is 12.7. The minimum Gasteiger partial charge on any atom is -0.365 e. The zero-order chi connectivity index (χ0) is 13.9. The van der Waals surface area contributed by atoms with Crippen LogP contribution in [0.15, 0.2) is 0 Å². The van der Waals surface area contributed by atoms with E-state index in [2.05, 4.69) is 17.1 Å². The van der Waals surface area contributed by atoms with E-state index in [1.54, 1.807) is 0 Å². The van der Waals surface area contributed by atoms with Gasteiger partial charge < -0.3 is 15.0 Å². The zero-order valence-corrected chi connectivity index (χ0v) is 12.6. The quantitative estimate of drug-likeness (QED) is 0.857. The molecule has 20 heavy (non-hydrogen) atoms. The Labute approximate surface area is 122 Å². The number of rotatable bonds is 4. The Morgan fingerprint density at radius 3 is 2.70 bits per heavy atom. The van der Waals surface area contributed by atoms with Crippen molar-refractivity contribution in [2.45, 2.75) is 82.6 Å². The molecular formula is C16H28N2O2. The van der Waals surface area contributed by atoms with Crippen LogP contribution in [0, 0.1) is 0 Å². The lowest BCUT2D eigenvalue weighted by Crippen LogP contribution is -2.45. The number of carbonyl (C=O) groups is 1. The van der Waals surface area contributed by atoms with Crippen molar-refractivity contribution in [3.63, 3.8) is 0 Å². The highest BCUT2D eigenvalue weighted by Crippen LogP contribution is 2.25. The van der Waals surface area contributed by atoms with Crippen LogP contribution in [0.3, 0.4) is 0 Å². The first kappa shape index (κ1) is 14.3. The minimum atomic E-state index is -0.213. The first-order chi connectivity index (χ1) is 9.76. The monoisotopic (exact) mass is 280 g/mol. The topological polar surface area (TPSA) is 41.6 Å². The Hall–Kier alpha value is -0.610. The highest BCUT2D eigenvalue weighted by molar-refractivity contribution is 5.81. The summed E-state index contributed by atoms with van der Waals surface area (Å²) >= 11 is 0. The number of nitrogens with one attached hydrogen (secondary N) is 1. The summed E-state index contributed by atoms with van der Waals surface area (Å²) in [7, 11) is 0. The van der Waals surface area contributed by atoms with E-state index in [9.17, 15) is 4.79 Å². The van der Waals surface area contributed by atoms with Crippen LogP contribution in [0.25, 0.3) is 0 Å². The Bertz CT molecular complexity index is 341. The van der Waals surface area contributed by atoms with Gasteiger partial charge in [-0.15, -0.1) is 0 Å². The second-order valence-electron chi connectivity index (χ2n) is 6.65. The van der Waals surface area contributed by atoms with Crippen molar-refractivity contribution in [3.05, 3.63) is 0 Å². The molecule has 0 aromatic carbocycles. The summed E-state index contributed by atoms with van der Waals surface area (Å²) in [6.45, 7) is 3.84. The summed E-state index contributed by atoms with van der Waals surface area (Å²) in [5.74, 6) is 0.230. The third-order valence-electron chi connectivity index (χ3n) is 5.14. The van der Waals surface area contributed by atoms with Gasteiger partial charge in [-0.2, -0.15) is 0 Å². The van der Waals surface area contributed by atoms with Gasteiger partial charge in [-0.1, -0.05) is 19.8 Å². The fourth-order valence-electron chi connectivity index (χ4n) is 3.93. The van der Waals surface area contributed by atoms with Crippen LogP contribution >= 0.6 is 0 Å². The standard InChI is InChI=1S/C16H28N2O2/c1-2-15(20-14-5-3-4-6-14)16(19)18-10-9-12-7-8-13(11-18)17-12/h12-15,17H,2-11H2,1H3. The lowest BCUT2D eigenvalue weighted by Gasteiger charge is -2.29. The Morgan fingerprint density at radius 2 is 1.95 bits per heavy atom. The molecule has 3 atom stereocenters. The summed E-state index contributed by atoms with van der Waals surface area (Å²) in [5.41, 5.74) is 0. The molecule has 114 valence electrons. The highest BCUT2D eigenvalue weighted by atomic mass is 16.5. The third-order valence-corrected chi connectivity index (χ3v) is 5.14. The van der Waals surface area contributed by atoms with Crippen molar-refractivity contribution in [3.8, 4) is 0 Å². The fourth-order valence-corrected chi connectivity index (χ4v) is 3.93. The molecule has 0 spiro atoms. The van der Waals surface area contributed by atoms with E-state index in [1.165, 1.54) is 25.7 Å². The molecule has 3 unspecified atom stereocenters. The van der Waals surface area contributed by atoms with Crippen molar-refractivity contribution in [1.82, 2.24) is 10.2 Å². The van der Waals surface area contributed by atoms with Crippen molar-refractivity contribution in [1.29, 1.82) is 0 Å². The van der Waals surface area contributed by atoms with Crippen molar-refractivity contribution in [2.75, 3.05) is 13.1 Å². The molecule has 2 aliphatic heterocycles. The molecule has 1 N–H and O–H groups in total. The number of carbonyl (C=O) groups excluding carboxylic acids is 1. The van der Waals surface area contributed by atoms with E-state index in [0.29, 0.717) is 18.2 Å². The fraction of sp³-hybridized carbons (Fsp3) is 0.938. The van der Waals surface area contributed by atoms with Crippen LogP contribution in [-0.4, -0.2) is 48.2 Å². The SMILES string of the molecule is CCC(OC1CCCC1)C(=O)N1CCC2CCC(C1)N2. The number of likely N-dealkylation sites (tertiary alicyclic amines) is 1. The minimum absolute atomic E-state index is 0.213. The summed E-state index contributed by atoms with van der Waals surface area (Å²) in [6, 6.07) is 1.14. The molecule has 1 aliphatic carbocycles. The number of fused-ring (bicyclic) bond motifs is 2. The molecule has 1 saturated carbocycles. The van der Waals surface area contributed by atoms with Gasteiger partial charge >= 0.3 is 0 Å². The van der Waals surface area contributed by atoms with Gasteiger partial charge in [-0.05, 0) is 38.5 Å². The van der Waals surface area contributed by atoms with E-state index in [1.807, 2.05) is 0 Å². The second-order valence-corrected chi connectivity index (χ2v) is 6.65. The van der Waals surface area contributed by atoms with Crippen LogP contribution in [0.4, 0.5) is 0 Å². The number of hydrogen-bond donors (Lipinski definition) is 1. The molecule has 3 fully saturated rings. The van der Waals surface area contributed by atoms with Gasteiger partial charge in [0, 0.05) is 25.2 Å². The van der Waals surface area contributed by atoms with Crippen LogP contribution < -0.4 is 5.32 Å². The normalized spacial score (nSPS) is 32.4. The van der Waals surface area contributed by atoms with Crippen molar-refractivity contribution in [2.24, 2.45) is 0 Å². The van der Waals surface area contributed by atoms with Crippen LogP contribution in [0.1, 0.15) is 58.3 Å². The van der Waals surface area contributed by atoms with Crippen LogP contribution in [0.5, 0.6) is 0 Å². The van der Waals surface area contributed by atoms with Gasteiger partial charge in [0.1, 0.15) is 6.10 Å². The molecule has 4 nitrogen and oxygen atoms in total. The average Bonchev–Trinajstić information content (AvgIpc) is 3.05. The molecule has 0 radical (unpaired) electrons. The van der Waals surface area contributed by atoms with Crippen LogP contribution in [-0.2, 0) is 9.53 Å². The first-order valence-corrected chi connectivity index (χ1v) is 8.46. The molecule has 2 bridgehead atoms. The lowest BCUT2D eigenvalue weighted by atomic mass is 10.1. The summed E-state index contributed by atoms with van der Waals surface area (Å²) in [5, 5.41) is 3.63. The first-order valence-electron chi connectivity index (χ1n) is 8.46. The predicted molar refractivity (Wildman–Crippen MR) is 78.6 cm³/mol. The average molecular weight is 280 g/mol. The molecule has 2 heterocycles. The molecule has 0 aromatic heterocycles.